The Bertz CT molecular complexity index is 406. The number of rotatable bonds is 5. The van der Waals surface area contributed by atoms with Gasteiger partial charge in [-0.05, 0) is 31.0 Å². The van der Waals surface area contributed by atoms with E-state index < -0.39 is 5.91 Å². The standard InChI is InChI=1S/C13H19ClN2O/c1-4-8(2)9(3)16-10-5-6-12(14)11(7-10)13(15)17/h5-9,16H,4H2,1-3H3,(H2,15,17). The summed E-state index contributed by atoms with van der Waals surface area (Å²) in [5.74, 6) is 0.0533. The molecule has 2 unspecified atom stereocenters. The Morgan fingerprint density at radius 2 is 2.12 bits per heavy atom. The van der Waals surface area contributed by atoms with Crippen molar-refractivity contribution in [3.63, 3.8) is 0 Å². The summed E-state index contributed by atoms with van der Waals surface area (Å²) in [5.41, 5.74) is 6.48. The predicted molar refractivity (Wildman–Crippen MR) is 72.5 cm³/mol. The first-order valence-electron chi connectivity index (χ1n) is 5.81. The molecule has 4 heteroatoms. The van der Waals surface area contributed by atoms with E-state index in [2.05, 4.69) is 26.1 Å². The molecular weight excluding hydrogens is 236 g/mol. The van der Waals surface area contributed by atoms with Crippen LogP contribution in [0.4, 0.5) is 5.69 Å². The molecule has 0 fully saturated rings. The minimum absolute atomic E-state index is 0.335. The Labute approximate surface area is 107 Å². The van der Waals surface area contributed by atoms with Gasteiger partial charge in [-0.2, -0.15) is 0 Å². The monoisotopic (exact) mass is 254 g/mol. The highest BCUT2D eigenvalue weighted by Gasteiger charge is 2.12. The number of hydrogen-bond acceptors (Lipinski definition) is 2. The van der Waals surface area contributed by atoms with Crippen molar-refractivity contribution in [3.05, 3.63) is 28.8 Å². The van der Waals surface area contributed by atoms with E-state index in [1.807, 2.05) is 6.07 Å². The number of nitrogens with one attached hydrogen (secondary N) is 1. The second-order valence-corrected chi connectivity index (χ2v) is 4.78. The number of nitrogens with two attached hydrogens (primary N) is 1. The molecule has 1 aromatic rings. The van der Waals surface area contributed by atoms with Crippen molar-refractivity contribution in [2.75, 3.05) is 5.32 Å². The van der Waals surface area contributed by atoms with Crippen molar-refractivity contribution >= 4 is 23.2 Å². The van der Waals surface area contributed by atoms with Crippen LogP contribution in [0.1, 0.15) is 37.6 Å². The van der Waals surface area contributed by atoms with Crippen LogP contribution in [-0.2, 0) is 0 Å². The largest absolute Gasteiger partial charge is 0.382 e. The van der Waals surface area contributed by atoms with Crippen LogP contribution in [0.15, 0.2) is 18.2 Å². The zero-order chi connectivity index (χ0) is 13.0. The average Bonchev–Trinajstić information content (AvgIpc) is 2.30. The molecular formula is C13H19ClN2O. The smallest absolute Gasteiger partial charge is 0.250 e. The summed E-state index contributed by atoms with van der Waals surface area (Å²) in [6.45, 7) is 6.45. The number of anilines is 1. The number of halogens is 1. The lowest BCUT2D eigenvalue weighted by Crippen LogP contribution is -2.23. The Hall–Kier alpha value is -1.22. The molecule has 3 nitrogen and oxygen atoms in total. The summed E-state index contributed by atoms with van der Waals surface area (Å²) < 4.78 is 0. The van der Waals surface area contributed by atoms with E-state index in [0.717, 1.165) is 12.1 Å². The van der Waals surface area contributed by atoms with Gasteiger partial charge in [0.05, 0.1) is 10.6 Å². The molecule has 1 amide bonds. The topological polar surface area (TPSA) is 55.1 Å². The Morgan fingerprint density at radius 1 is 1.47 bits per heavy atom. The molecule has 0 saturated carbocycles. The molecule has 2 atom stereocenters. The van der Waals surface area contributed by atoms with Crippen molar-refractivity contribution < 1.29 is 4.79 Å². The van der Waals surface area contributed by atoms with Crippen molar-refractivity contribution in [2.24, 2.45) is 11.7 Å². The predicted octanol–water partition coefficient (Wildman–Crippen LogP) is 3.29. The maximum Gasteiger partial charge on any atom is 0.250 e. The first-order chi connectivity index (χ1) is 7.95. The van der Waals surface area contributed by atoms with E-state index in [1.54, 1.807) is 12.1 Å². The van der Waals surface area contributed by atoms with Gasteiger partial charge < -0.3 is 11.1 Å². The summed E-state index contributed by atoms with van der Waals surface area (Å²) in [5, 5.41) is 3.74. The Kier molecular flexibility index (Phi) is 4.82. The molecule has 0 aliphatic rings. The molecule has 0 bridgehead atoms. The van der Waals surface area contributed by atoms with Crippen LogP contribution in [0, 0.1) is 5.92 Å². The molecule has 3 N–H and O–H groups in total. The zero-order valence-electron chi connectivity index (χ0n) is 10.5. The third kappa shape index (κ3) is 3.63. The third-order valence-electron chi connectivity index (χ3n) is 3.12. The van der Waals surface area contributed by atoms with E-state index in [1.165, 1.54) is 0 Å². The molecule has 0 saturated heterocycles. The summed E-state index contributed by atoms with van der Waals surface area (Å²) in [6, 6.07) is 5.58. The van der Waals surface area contributed by atoms with Gasteiger partial charge in [0.2, 0.25) is 5.91 Å². The highest BCUT2D eigenvalue weighted by molar-refractivity contribution is 6.33. The highest BCUT2D eigenvalue weighted by atomic mass is 35.5. The second kappa shape index (κ2) is 5.92. The van der Waals surface area contributed by atoms with Gasteiger partial charge in [-0.3, -0.25) is 4.79 Å². The molecule has 1 aromatic carbocycles. The lowest BCUT2D eigenvalue weighted by atomic mass is 10.0. The van der Waals surface area contributed by atoms with Crippen LogP contribution in [0.2, 0.25) is 5.02 Å². The van der Waals surface area contributed by atoms with Gasteiger partial charge in [0, 0.05) is 11.7 Å². The molecule has 0 radical (unpaired) electrons. The number of hydrogen-bond donors (Lipinski definition) is 2. The molecule has 0 aromatic heterocycles. The number of benzene rings is 1. The Morgan fingerprint density at radius 3 is 2.65 bits per heavy atom. The lowest BCUT2D eigenvalue weighted by molar-refractivity contribution is 0.100. The zero-order valence-corrected chi connectivity index (χ0v) is 11.2. The summed E-state index contributed by atoms with van der Waals surface area (Å²) >= 11 is 5.89. The van der Waals surface area contributed by atoms with Crippen LogP contribution in [0.5, 0.6) is 0 Å². The summed E-state index contributed by atoms with van der Waals surface area (Å²) in [6.07, 6.45) is 1.10. The molecule has 1 rings (SSSR count). The van der Waals surface area contributed by atoms with Gasteiger partial charge in [-0.25, -0.2) is 0 Å². The molecule has 17 heavy (non-hydrogen) atoms. The lowest BCUT2D eigenvalue weighted by Gasteiger charge is -2.21. The molecule has 0 heterocycles. The van der Waals surface area contributed by atoms with Gasteiger partial charge >= 0.3 is 0 Å². The molecule has 0 aliphatic carbocycles. The highest BCUT2D eigenvalue weighted by Crippen LogP contribution is 2.22. The normalized spacial score (nSPS) is 14.1. The summed E-state index contributed by atoms with van der Waals surface area (Å²) in [4.78, 5) is 11.2. The van der Waals surface area contributed by atoms with E-state index in [0.29, 0.717) is 22.5 Å². The quantitative estimate of drug-likeness (QED) is 0.847. The minimum atomic E-state index is -0.505. The second-order valence-electron chi connectivity index (χ2n) is 4.38. The Balaban J connectivity index is 2.86. The van der Waals surface area contributed by atoms with Gasteiger partial charge in [-0.15, -0.1) is 0 Å². The van der Waals surface area contributed by atoms with Crippen LogP contribution < -0.4 is 11.1 Å². The number of carbonyl (C=O) groups excluding carboxylic acids is 1. The van der Waals surface area contributed by atoms with Crippen LogP contribution >= 0.6 is 11.6 Å². The minimum Gasteiger partial charge on any atom is -0.382 e. The van der Waals surface area contributed by atoms with Gasteiger partial charge in [0.1, 0.15) is 0 Å². The average molecular weight is 255 g/mol. The van der Waals surface area contributed by atoms with E-state index in [9.17, 15) is 4.79 Å². The van der Waals surface area contributed by atoms with E-state index >= 15 is 0 Å². The molecule has 94 valence electrons. The van der Waals surface area contributed by atoms with Gasteiger partial charge in [-0.1, -0.05) is 31.9 Å². The van der Waals surface area contributed by atoms with Crippen LogP contribution in [0.3, 0.4) is 0 Å². The first-order valence-corrected chi connectivity index (χ1v) is 6.19. The fourth-order valence-electron chi connectivity index (χ4n) is 1.56. The molecule has 0 aliphatic heterocycles. The van der Waals surface area contributed by atoms with Crippen LogP contribution in [0.25, 0.3) is 0 Å². The van der Waals surface area contributed by atoms with Crippen molar-refractivity contribution in [3.8, 4) is 0 Å². The van der Waals surface area contributed by atoms with E-state index in [-0.39, 0.29) is 0 Å². The fraction of sp³-hybridized carbons (Fsp3) is 0.462. The van der Waals surface area contributed by atoms with Crippen molar-refractivity contribution in [2.45, 2.75) is 33.2 Å². The van der Waals surface area contributed by atoms with Crippen molar-refractivity contribution in [1.82, 2.24) is 0 Å². The third-order valence-corrected chi connectivity index (χ3v) is 3.45. The fourth-order valence-corrected chi connectivity index (χ4v) is 1.77. The number of carbonyl (C=O) groups is 1. The van der Waals surface area contributed by atoms with Gasteiger partial charge in [0.25, 0.3) is 0 Å². The molecule has 0 spiro atoms. The number of amides is 1. The van der Waals surface area contributed by atoms with E-state index in [4.69, 9.17) is 17.3 Å². The summed E-state index contributed by atoms with van der Waals surface area (Å²) in [7, 11) is 0. The SMILES string of the molecule is CCC(C)C(C)Nc1ccc(Cl)c(C(N)=O)c1. The first kappa shape index (κ1) is 13.8. The van der Waals surface area contributed by atoms with Crippen molar-refractivity contribution in [1.29, 1.82) is 0 Å². The number of primary amides is 1. The van der Waals surface area contributed by atoms with Gasteiger partial charge in [0.15, 0.2) is 0 Å². The van der Waals surface area contributed by atoms with Crippen LogP contribution in [-0.4, -0.2) is 11.9 Å². The maximum atomic E-state index is 11.2. The maximum absolute atomic E-state index is 11.2.